The summed E-state index contributed by atoms with van der Waals surface area (Å²) < 4.78 is 17.1. The molecular weight excluding hydrogens is 294 g/mol. The zero-order valence-electron chi connectivity index (χ0n) is 14.4. The Kier molecular flexibility index (Phi) is 5.39. The van der Waals surface area contributed by atoms with E-state index in [2.05, 4.69) is 30.9 Å². The van der Waals surface area contributed by atoms with E-state index in [9.17, 15) is 4.79 Å². The largest absolute Gasteiger partial charge is 0.460 e. The predicted molar refractivity (Wildman–Crippen MR) is 86.9 cm³/mol. The standard InChI is InChI=1S/C18H29NO4/c1-12(2)19-15(8-9-17-21-10-5-11-22-17)14-6-4-7-16(19)18(14)23-13(3)20/h4,7,12,14-18H,5-6,8-11H2,1-3H3/t14-,15-,16-,18?/m1/s1. The van der Waals surface area contributed by atoms with Crippen molar-refractivity contribution in [1.29, 1.82) is 0 Å². The molecule has 2 aliphatic heterocycles. The van der Waals surface area contributed by atoms with Gasteiger partial charge in [0.1, 0.15) is 6.10 Å². The normalized spacial score (nSPS) is 35.0. The third-order valence-electron chi connectivity index (χ3n) is 5.21. The smallest absolute Gasteiger partial charge is 0.302 e. The van der Waals surface area contributed by atoms with Crippen LogP contribution in [0.4, 0.5) is 0 Å². The van der Waals surface area contributed by atoms with E-state index in [1.54, 1.807) is 0 Å². The van der Waals surface area contributed by atoms with E-state index in [-0.39, 0.29) is 24.4 Å². The molecular formula is C18H29NO4. The first-order valence-corrected chi connectivity index (χ1v) is 8.92. The molecule has 0 amide bonds. The summed E-state index contributed by atoms with van der Waals surface area (Å²) in [7, 11) is 0. The second kappa shape index (κ2) is 7.32. The van der Waals surface area contributed by atoms with Crippen LogP contribution in [0.25, 0.3) is 0 Å². The van der Waals surface area contributed by atoms with Gasteiger partial charge >= 0.3 is 5.97 Å². The summed E-state index contributed by atoms with van der Waals surface area (Å²) >= 11 is 0. The van der Waals surface area contributed by atoms with Gasteiger partial charge in [0.2, 0.25) is 0 Å². The lowest BCUT2D eigenvalue weighted by Gasteiger charge is -2.33. The van der Waals surface area contributed by atoms with E-state index in [1.165, 1.54) is 6.92 Å². The Morgan fingerprint density at radius 3 is 2.70 bits per heavy atom. The molecule has 0 aromatic rings. The number of carbonyl (C=O) groups is 1. The average Bonchev–Trinajstić information content (AvgIpc) is 2.68. The van der Waals surface area contributed by atoms with Crippen molar-refractivity contribution in [2.45, 2.75) is 77.0 Å². The molecule has 2 bridgehead atoms. The van der Waals surface area contributed by atoms with Crippen LogP contribution in [0.3, 0.4) is 0 Å². The van der Waals surface area contributed by atoms with Crippen molar-refractivity contribution in [3.05, 3.63) is 12.2 Å². The molecule has 0 aromatic carbocycles. The Hall–Kier alpha value is -0.910. The number of likely N-dealkylation sites (tertiary alicyclic amines) is 1. The summed E-state index contributed by atoms with van der Waals surface area (Å²) in [5.41, 5.74) is 0. The molecule has 3 rings (SSSR count). The first-order chi connectivity index (χ1) is 11.1. The van der Waals surface area contributed by atoms with Crippen LogP contribution < -0.4 is 0 Å². The van der Waals surface area contributed by atoms with Crippen molar-refractivity contribution in [2.75, 3.05) is 13.2 Å². The molecule has 0 aromatic heterocycles. The van der Waals surface area contributed by atoms with Crippen molar-refractivity contribution in [3.8, 4) is 0 Å². The van der Waals surface area contributed by atoms with Crippen LogP contribution in [0.5, 0.6) is 0 Å². The summed E-state index contributed by atoms with van der Waals surface area (Å²) in [6.45, 7) is 7.55. The van der Waals surface area contributed by atoms with Crippen LogP contribution >= 0.6 is 0 Å². The first-order valence-electron chi connectivity index (χ1n) is 8.92. The molecule has 130 valence electrons. The lowest BCUT2D eigenvalue weighted by Crippen LogP contribution is -2.43. The van der Waals surface area contributed by atoms with Crippen LogP contribution in [-0.4, -0.2) is 54.6 Å². The van der Waals surface area contributed by atoms with Gasteiger partial charge in [0.05, 0.1) is 19.3 Å². The lowest BCUT2D eigenvalue weighted by atomic mass is 9.86. The molecule has 2 heterocycles. The first kappa shape index (κ1) is 16.9. The van der Waals surface area contributed by atoms with E-state index in [0.717, 1.165) is 38.9 Å². The number of rotatable bonds is 5. The third-order valence-corrected chi connectivity index (χ3v) is 5.21. The molecule has 0 radical (unpaired) electrons. The van der Waals surface area contributed by atoms with Gasteiger partial charge in [0.15, 0.2) is 6.29 Å². The van der Waals surface area contributed by atoms with Crippen LogP contribution in [-0.2, 0) is 19.0 Å². The van der Waals surface area contributed by atoms with E-state index < -0.39 is 0 Å². The molecule has 0 N–H and O–H groups in total. The summed E-state index contributed by atoms with van der Waals surface area (Å²) in [6.07, 6.45) is 8.27. The number of hydrogen-bond donors (Lipinski definition) is 0. The maximum absolute atomic E-state index is 11.5. The second-order valence-electron chi connectivity index (χ2n) is 7.10. The minimum absolute atomic E-state index is 0.0157. The molecule has 0 saturated carbocycles. The van der Waals surface area contributed by atoms with Crippen LogP contribution in [0.15, 0.2) is 12.2 Å². The van der Waals surface area contributed by atoms with Crippen LogP contribution in [0.1, 0.15) is 46.5 Å². The lowest BCUT2D eigenvalue weighted by molar-refractivity contribution is -0.183. The molecule has 23 heavy (non-hydrogen) atoms. The molecule has 2 fully saturated rings. The summed E-state index contributed by atoms with van der Waals surface area (Å²) in [6, 6.07) is 1.04. The van der Waals surface area contributed by atoms with E-state index in [0.29, 0.717) is 18.0 Å². The Morgan fingerprint density at radius 2 is 2.04 bits per heavy atom. The Labute approximate surface area is 138 Å². The quantitative estimate of drug-likeness (QED) is 0.575. The van der Waals surface area contributed by atoms with Crippen LogP contribution in [0, 0.1) is 5.92 Å². The van der Waals surface area contributed by atoms with Crippen molar-refractivity contribution in [2.24, 2.45) is 5.92 Å². The number of hydrogen-bond acceptors (Lipinski definition) is 5. The summed E-state index contributed by atoms with van der Waals surface area (Å²) in [5, 5.41) is 0. The summed E-state index contributed by atoms with van der Waals surface area (Å²) in [5.74, 6) is 0.198. The highest BCUT2D eigenvalue weighted by molar-refractivity contribution is 5.66. The van der Waals surface area contributed by atoms with Crippen molar-refractivity contribution < 1.29 is 19.0 Å². The topological polar surface area (TPSA) is 48.0 Å². The molecule has 1 aliphatic carbocycles. The molecule has 4 atom stereocenters. The summed E-state index contributed by atoms with van der Waals surface area (Å²) in [4.78, 5) is 14.0. The highest BCUT2D eigenvalue weighted by Crippen LogP contribution is 2.42. The van der Waals surface area contributed by atoms with Crippen molar-refractivity contribution >= 4 is 5.97 Å². The third kappa shape index (κ3) is 3.62. The highest BCUT2D eigenvalue weighted by Gasteiger charge is 2.51. The molecule has 0 spiro atoms. The number of allylic oxidation sites excluding steroid dienone is 1. The number of nitrogens with zero attached hydrogens (tertiary/aromatic N) is 1. The Balaban J connectivity index is 1.70. The van der Waals surface area contributed by atoms with Gasteiger partial charge < -0.3 is 14.2 Å². The maximum atomic E-state index is 11.5. The fourth-order valence-corrected chi connectivity index (χ4v) is 4.41. The zero-order valence-corrected chi connectivity index (χ0v) is 14.4. The van der Waals surface area contributed by atoms with Gasteiger partial charge in [-0.15, -0.1) is 0 Å². The van der Waals surface area contributed by atoms with E-state index in [4.69, 9.17) is 14.2 Å². The predicted octanol–water partition coefficient (Wildman–Crippen LogP) is 2.50. The molecule has 5 heteroatoms. The van der Waals surface area contributed by atoms with Gasteiger partial charge in [-0.25, -0.2) is 0 Å². The van der Waals surface area contributed by atoms with Gasteiger partial charge in [0, 0.05) is 24.9 Å². The second-order valence-corrected chi connectivity index (χ2v) is 7.10. The zero-order chi connectivity index (χ0) is 16.4. The highest BCUT2D eigenvalue weighted by atomic mass is 16.7. The van der Waals surface area contributed by atoms with Gasteiger partial charge in [-0.2, -0.15) is 0 Å². The van der Waals surface area contributed by atoms with E-state index >= 15 is 0 Å². The van der Waals surface area contributed by atoms with Crippen molar-refractivity contribution in [1.82, 2.24) is 4.90 Å². The Bertz CT molecular complexity index is 444. The minimum Gasteiger partial charge on any atom is -0.460 e. The monoisotopic (exact) mass is 323 g/mol. The van der Waals surface area contributed by atoms with Gasteiger partial charge in [-0.1, -0.05) is 12.2 Å². The fraction of sp³-hybridized carbons (Fsp3) is 0.833. The van der Waals surface area contributed by atoms with Gasteiger partial charge in [-0.05, 0) is 39.5 Å². The Morgan fingerprint density at radius 1 is 1.30 bits per heavy atom. The molecule has 2 saturated heterocycles. The minimum atomic E-state index is -0.177. The van der Waals surface area contributed by atoms with Gasteiger partial charge in [0.25, 0.3) is 0 Å². The van der Waals surface area contributed by atoms with Crippen molar-refractivity contribution in [3.63, 3.8) is 0 Å². The molecule has 1 unspecified atom stereocenters. The average molecular weight is 323 g/mol. The SMILES string of the molecule is CC(=O)OC1[C@H]2C=CC[C@@H]1[C@@H](CCC1OCCCO1)N2C(C)C. The maximum Gasteiger partial charge on any atom is 0.302 e. The number of fused-ring (bicyclic) bond motifs is 2. The number of esters is 1. The number of carbonyl (C=O) groups excluding carboxylic acids is 1. The molecule has 5 nitrogen and oxygen atoms in total. The van der Waals surface area contributed by atoms with E-state index in [1.807, 2.05) is 0 Å². The fourth-order valence-electron chi connectivity index (χ4n) is 4.41. The number of ether oxygens (including phenoxy) is 3. The van der Waals surface area contributed by atoms with Crippen LogP contribution in [0.2, 0.25) is 0 Å². The molecule has 3 aliphatic rings. The van der Waals surface area contributed by atoms with Gasteiger partial charge in [-0.3, -0.25) is 9.69 Å².